The van der Waals surface area contributed by atoms with Crippen molar-refractivity contribution in [1.82, 2.24) is 9.97 Å². The number of halogens is 1. The highest BCUT2D eigenvalue weighted by Gasteiger charge is 2.06. The number of hydrogen-bond donors (Lipinski definition) is 2. The van der Waals surface area contributed by atoms with Crippen molar-refractivity contribution in [2.45, 2.75) is 6.54 Å². The summed E-state index contributed by atoms with van der Waals surface area (Å²) in [7, 11) is 0. The molecule has 0 fully saturated rings. The van der Waals surface area contributed by atoms with E-state index in [1.807, 2.05) is 60.7 Å². The van der Waals surface area contributed by atoms with Gasteiger partial charge in [-0.3, -0.25) is 0 Å². The normalized spacial score (nSPS) is 11.0. The van der Waals surface area contributed by atoms with Crippen molar-refractivity contribution in [1.29, 1.82) is 0 Å². The summed E-state index contributed by atoms with van der Waals surface area (Å²) in [6.45, 7) is 0.580. The highest BCUT2D eigenvalue weighted by Crippen LogP contribution is 2.24. The van der Waals surface area contributed by atoms with Crippen LogP contribution in [0.3, 0.4) is 0 Å². The third-order valence-corrected chi connectivity index (χ3v) is 4.14. The van der Waals surface area contributed by atoms with Crippen LogP contribution in [-0.2, 0) is 6.54 Å². The van der Waals surface area contributed by atoms with Gasteiger partial charge in [-0.1, -0.05) is 40.2 Å². The maximum atomic E-state index is 5.89. The van der Waals surface area contributed by atoms with E-state index in [0.29, 0.717) is 6.54 Å². The Morgan fingerprint density at radius 2 is 1.83 bits per heavy atom. The number of aromatic amines is 1. The Hall–Kier alpha value is -2.53. The molecule has 4 rings (SSSR count). The Balaban J connectivity index is 1.48. The molecule has 2 aromatic carbocycles. The van der Waals surface area contributed by atoms with Crippen LogP contribution in [0, 0.1) is 0 Å². The first-order valence-corrected chi connectivity index (χ1v) is 8.10. The highest BCUT2D eigenvalue weighted by atomic mass is 79.9. The molecule has 2 aromatic heterocycles. The van der Waals surface area contributed by atoms with Gasteiger partial charge in [0, 0.05) is 10.0 Å². The number of H-pyrrole nitrogens is 1. The molecule has 23 heavy (non-hydrogen) atoms. The minimum Gasteiger partial charge on any atom is -0.459 e. The summed E-state index contributed by atoms with van der Waals surface area (Å²) >= 11 is 3.44. The summed E-state index contributed by atoms with van der Waals surface area (Å²) < 4.78 is 6.94. The number of anilines is 1. The molecular formula is C18H14BrN3O. The summed E-state index contributed by atoms with van der Waals surface area (Å²) in [5, 5.41) is 3.26. The van der Waals surface area contributed by atoms with Crippen molar-refractivity contribution in [2.75, 3.05) is 5.32 Å². The molecule has 114 valence electrons. The van der Waals surface area contributed by atoms with Crippen LogP contribution in [-0.4, -0.2) is 9.97 Å². The second-order valence-electron chi connectivity index (χ2n) is 5.23. The Morgan fingerprint density at radius 1 is 1.00 bits per heavy atom. The van der Waals surface area contributed by atoms with Gasteiger partial charge in [-0.25, -0.2) is 4.98 Å². The van der Waals surface area contributed by atoms with Gasteiger partial charge in [-0.15, -0.1) is 0 Å². The van der Waals surface area contributed by atoms with Crippen LogP contribution in [0.4, 0.5) is 5.95 Å². The highest BCUT2D eigenvalue weighted by molar-refractivity contribution is 9.10. The van der Waals surface area contributed by atoms with Gasteiger partial charge in [0.25, 0.3) is 0 Å². The third kappa shape index (κ3) is 3.00. The fourth-order valence-electron chi connectivity index (χ4n) is 2.45. The van der Waals surface area contributed by atoms with Crippen molar-refractivity contribution in [3.05, 3.63) is 70.9 Å². The lowest BCUT2D eigenvalue weighted by atomic mass is 10.2. The Labute approximate surface area is 141 Å². The monoisotopic (exact) mass is 367 g/mol. The summed E-state index contributed by atoms with van der Waals surface area (Å²) in [6.07, 6.45) is 0. The van der Waals surface area contributed by atoms with Gasteiger partial charge in [0.1, 0.15) is 11.5 Å². The maximum absolute atomic E-state index is 5.89. The molecule has 0 saturated carbocycles. The topological polar surface area (TPSA) is 53.9 Å². The second-order valence-corrected chi connectivity index (χ2v) is 6.14. The van der Waals surface area contributed by atoms with Crippen LogP contribution >= 0.6 is 15.9 Å². The predicted molar refractivity (Wildman–Crippen MR) is 95.3 cm³/mol. The lowest BCUT2D eigenvalue weighted by molar-refractivity contribution is 0.531. The predicted octanol–water partition coefficient (Wildman–Crippen LogP) is 5.20. The standard InChI is InChI=1S/C18H14BrN3O/c19-13-7-5-12(6-8-13)17-10-9-14(23-17)11-20-18-21-15-3-1-2-4-16(15)22-18/h1-10H,11H2,(H2,20,21,22). The van der Waals surface area contributed by atoms with Crippen molar-refractivity contribution < 1.29 is 4.42 Å². The molecule has 4 nitrogen and oxygen atoms in total. The number of fused-ring (bicyclic) bond motifs is 1. The van der Waals surface area contributed by atoms with E-state index in [2.05, 4.69) is 31.2 Å². The van der Waals surface area contributed by atoms with Crippen LogP contribution in [0.15, 0.2) is 69.6 Å². The van der Waals surface area contributed by atoms with E-state index in [9.17, 15) is 0 Å². The van der Waals surface area contributed by atoms with Gasteiger partial charge in [-0.05, 0) is 36.4 Å². The number of benzene rings is 2. The minimum atomic E-state index is 0.580. The number of aromatic nitrogens is 2. The first-order chi connectivity index (χ1) is 11.3. The first-order valence-electron chi connectivity index (χ1n) is 7.31. The Morgan fingerprint density at radius 3 is 2.65 bits per heavy atom. The molecular weight excluding hydrogens is 354 g/mol. The Bertz CT molecular complexity index is 907. The third-order valence-electron chi connectivity index (χ3n) is 3.61. The van der Waals surface area contributed by atoms with Crippen LogP contribution in [0.2, 0.25) is 0 Å². The van der Waals surface area contributed by atoms with E-state index in [-0.39, 0.29) is 0 Å². The molecule has 0 spiro atoms. The van der Waals surface area contributed by atoms with Crippen molar-refractivity contribution in [2.24, 2.45) is 0 Å². The zero-order chi connectivity index (χ0) is 15.6. The van der Waals surface area contributed by atoms with Crippen LogP contribution in [0.5, 0.6) is 0 Å². The van der Waals surface area contributed by atoms with Crippen molar-refractivity contribution in [3.63, 3.8) is 0 Å². The average Bonchev–Trinajstić information content (AvgIpc) is 3.20. The fourth-order valence-corrected chi connectivity index (χ4v) is 2.71. The molecule has 5 heteroatoms. The molecule has 4 aromatic rings. The number of imidazole rings is 1. The molecule has 0 atom stereocenters. The van der Waals surface area contributed by atoms with Gasteiger partial charge in [0.05, 0.1) is 17.6 Å². The van der Waals surface area contributed by atoms with E-state index in [1.165, 1.54) is 0 Å². The van der Waals surface area contributed by atoms with Crippen LogP contribution in [0.1, 0.15) is 5.76 Å². The van der Waals surface area contributed by atoms with E-state index in [1.54, 1.807) is 0 Å². The van der Waals surface area contributed by atoms with Gasteiger partial charge in [-0.2, -0.15) is 0 Å². The number of para-hydroxylation sites is 2. The molecule has 0 aliphatic rings. The molecule has 2 N–H and O–H groups in total. The Kier molecular flexibility index (Phi) is 3.63. The SMILES string of the molecule is Brc1ccc(-c2ccc(CNc3nc4ccccc4[nH]3)o2)cc1. The lowest BCUT2D eigenvalue weighted by Gasteiger charge is -2.00. The van der Waals surface area contributed by atoms with Crippen molar-refractivity contribution >= 4 is 32.9 Å². The van der Waals surface area contributed by atoms with E-state index >= 15 is 0 Å². The van der Waals surface area contributed by atoms with E-state index in [0.717, 1.165) is 38.5 Å². The number of nitrogens with zero attached hydrogens (tertiary/aromatic N) is 1. The van der Waals surface area contributed by atoms with Gasteiger partial charge >= 0.3 is 0 Å². The van der Waals surface area contributed by atoms with Crippen LogP contribution in [0.25, 0.3) is 22.4 Å². The summed E-state index contributed by atoms with van der Waals surface area (Å²) in [5.41, 5.74) is 3.03. The molecule has 2 heterocycles. The number of rotatable bonds is 4. The molecule has 0 unspecified atom stereocenters. The molecule has 0 saturated heterocycles. The lowest BCUT2D eigenvalue weighted by Crippen LogP contribution is -1.99. The van der Waals surface area contributed by atoms with E-state index < -0.39 is 0 Å². The summed E-state index contributed by atoms with van der Waals surface area (Å²) in [4.78, 5) is 7.73. The van der Waals surface area contributed by atoms with Gasteiger partial charge in [0.2, 0.25) is 5.95 Å². The van der Waals surface area contributed by atoms with Crippen molar-refractivity contribution in [3.8, 4) is 11.3 Å². The minimum absolute atomic E-state index is 0.580. The zero-order valence-electron chi connectivity index (χ0n) is 12.2. The smallest absolute Gasteiger partial charge is 0.201 e. The zero-order valence-corrected chi connectivity index (χ0v) is 13.8. The molecule has 0 amide bonds. The second kappa shape index (κ2) is 5.93. The molecule has 0 bridgehead atoms. The number of furan rings is 1. The first kappa shape index (κ1) is 14.1. The summed E-state index contributed by atoms with van der Waals surface area (Å²) in [6, 6.07) is 20.0. The number of nitrogens with one attached hydrogen (secondary N) is 2. The fraction of sp³-hybridized carbons (Fsp3) is 0.0556. The van der Waals surface area contributed by atoms with Gasteiger partial charge < -0.3 is 14.7 Å². The maximum Gasteiger partial charge on any atom is 0.201 e. The van der Waals surface area contributed by atoms with E-state index in [4.69, 9.17) is 4.42 Å². The molecule has 0 aliphatic heterocycles. The van der Waals surface area contributed by atoms with Gasteiger partial charge in [0.15, 0.2) is 0 Å². The number of hydrogen-bond acceptors (Lipinski definition) is 3. The molecule has 0 aliphatic carbocycles. The summed E-state index contributed by atoms with van der Waals surface area (Å²) in [5.74, 6) is 2.47. The average molecular weight is 368 g/mol. The van der Waals surface area contributed by atoms with Crippen LogP contribution < -0.4 is 5.32 Å². The quantitative estimate of drug-likeness (QED) is 0.521. The largest absolute Gasteiger partial charge is 0.459 e. The molecule has 0 radical (unpaired) electrons.